The molecular weight excluding hydrogens is 380 g/mol. The summed E-state index contributed by atoms with van der Waals surface area (Å²) in [5, 5.41) is -0.531. The first-order valence-corrected chi connectivity index (χ1v) is 10.7. The number of likely N-dealkylation sites (N-methyl/N-ethyl adjacent to an activating group) is 1. The first-order valence-electron chi connectivity index (χ1n) is 8.09. The zero-order chi connectivity index (χ0) is 18.9. The molecule has 2 fully saturated rings. The minimum Gasteiger partial charge on any atom is -0.465 e. The van der Waals surface area contributed by atoms with E-state index < -0.39 is 39.5 Å². The third-order valence-electron chi connectivity index (χ3n) is 4.29. The second kappa shape index (κ2) is 7.28. The predicted molar refractivity (Wildman–Crippen MR) is 95.8 cm³/mol. The number of nitrogens with zero attached hydrogens (tertiary/aromatic N) is 2. The van der Waals surface area contributed by atoms with Crippen molar-refractivity contribution in [2.24, 2.45) is 0 Å². The number of carbonyl (C=O) groups is 3. The Balaban J connectivity index is 1.70. The Kier molecular flexibility index (Phi) is 5.24. The van der Waals surface area contributed by atoms with E-state index in [4.69, 9.17) is 4.42 Å². The fourth-order valence-corrected chi connectivity index (χ4v) is 5.57. The van der Waals surface area contributed by atoms with E-state index in [1.807, 2.05) is 0 Å². The molecule has 0 aliphatic carbocycles. The number of hydrogen-bond acceptors (Lipinski definition) is 7. The molecule has 0 aromatic carbocycles. The van der Waals surface area contributed by atoms with Crippen LogP contribution in [0.5, 0.6) is 0 Å². The highest BCUT2D eigenvalue weighted by molar-refractivity contribution is 8.18. The minimum absolute atomic E-state index is 0.0505. The van der Waals surface area contributed by atoms with Crippen molar-refractivity contribution in [3.8, 4) is 0 Å². The zero-order valence-electron chi connectivity index (χ0n) is 14.1. The summed E-state index contributed by atoms with van der Waals surface area (Å²) >= 11 is 0.745. The third-order valence-corrected chi connectivity index (χ3v) is 6.95. The van der Waals surface area contributed by atoms with Gasteiger partial charge in [-0.3, -0.25) is 19.3 Å². The molecule has 1 atom stereocenters. The quantitative estimate of drug-likeness (QED) is 0.690. The molecule has 26 heavy (non-hydrogen) atoms. The first-order chi connectivity index (χ1) is 12.3. The summed E-state index contributed by atoms with van der Waals surface area (Å²) in [6, 6.07) is 2.91. The number of furan rings is 1. The standard InChI is InChI=1S/C16H18N2O6S2/c1-2-17(11-5-7-26(22,23)10-11)14(19)9-18-15(20)13(25-16(18)21)8-12-4-3-6-24-12/h3-4,6,8,11H,2,5,7,9-10H2,1H3. The van der Waals surface area contributed by atoms with Crippen LogP contribution in [0.25, 0.3) is 6.08 Å². The van der Waals surface area contributed by atoms with E-state index in [0.29, 0.717) is 18.7 Å². The van der Waals surface area contributed by atoms with Crippen molar-refractivity contribution in [2.45, 2.75) is 19.4 Å². The topological polar surface area (TPSA) is 105 Å². The van der Waals surface area contributed by atoms with E-state index in [0.717, 1.165) is 16.7 Å². The van der Waals surface area contributed by atoms with Crippen LogP contribution in [0.4, 0.5) is 4.79 Å². The number of carbonyl (C=O) groups excluding carboxylic acids is 3. The fraction of sp³-hybridized carbons (Fsp3) is 0.438. The Morgan fingerprint density at radius 2 is 2.23 bits per heavy atom. The molecule has 2 aliphatic heterocycles. The lowest BCUT2D eigenvalue weighted by atomic mass is 10.2. The lowest BCUT2D eigenvalue weighted by molar-refractivity contribution is -0.137. The number of amides is 3. The first kappa shape index (κ1) is 18.7. The number of rotatable bonds is 5. The van der Waals surface area contributed by atoms with E-state index in [1.165, 1.54) is 17.2 Å². The van der Waals surface area contributed by atoms with Crippen LogP contribution in [-0.4, -0.2) is 65.9 Å². The summed E-state index contributed by atoms with van der Waals surface area (Å²) in [6.45, 7) is 1.66. The zero-order valence-corrected chi connectivity index (χ0v) is 15.7. The molecule has 140 valence electrons. The Morgan fingerprint density at radius 3 is 2.81 bits per heavy atom. The molecule has 2 saturated heterocycles. The van der Waals surface area contributed by atoms with Crippen LogP contribution in [0.15, 0.2) is 27.7 Å². The van der Waals surface area contributed by atoms with Gasteiger partial charge in [0, 0.05) is 18.7 Å². The van der Waals surface area contributed by atoms with Crippen LogP contribution in [-0.2, 0) is 19.4 Å². The molecule has 3 amide bonds. The minimum atomic E-state index is -3.14. The summed E-state index contributed by atoms with van der Waals surface area (Å²) < 4.78 is 28.4. The lowest BCUT2D eigenvalue weighted by Crippen LogP contribution is -2.47. The molecule has 2 aliphatic rings. The van der Waals surface area contributed by atoms with Gasteiger partial charge in [0.15, 0.2) is 9.84 Å². The Morgan fingerprint density at radius 1 is 1.46 bits per heavy atom. The van der Waals surface area contributed by atoms with Crippen LogP contribution in [0.2, 0.25) is 0 Å². The van der Waals surface area contributed by atoms with Gasteiger partial charge < -0.3 is 9.32 Å². The van der Waals surface area contributed by atoms with E-state index in [2.05, 4.69) is 0 Å². The molecule has 8 nitrogen and oxygen atoms in total. The molecule has 0 bridgehead atoms. The molecule has 10 heteroatoms. The van der Waals surface area contributed by atoms with Crippen molar-refractivity contribution in [3.63, 3.8) is 0 Å². The van der Waals surface area contributed by atoms with Gasteiger partial charge in [-0.25, -0.2) is 8.42 Å². The van der Waals surface area contributed by atoms with Crippen LogP contribution in [0, 0.1) is 0 Å². The van der Waals surface area contributed by atoms with Gasteiger partial charge >= 0.3 is 0 Å². The Hall–Kier alpha value is -2.07. The van der Waals surface area contributed by atoms with Gasteiger partial charge in [-0.2, -0.15) is 0 Å². The van der Waals surface area contributed by atoms with Crippen molar-refractivity contribution >= 4 is 44.7 Å². The summed E-state index contributed by atoms with van der Waals surface area (Å²) in [4.78, 5) is 39.6. The molecular formula is C16H18N2O6S2. The maximum absolute atomic E-state index is 12.6. The Labute approximate surface area is 155 Å². The fourth-order valence-electron chi connectivity index (χ4n) is 3.02. The van der Waals surface area contributed by atoms with Gasteiger partial charge in [-0.05, 0) is 37.2 Å². The number of imide groups is 1. The highest BCUT2D eigenvalue weighted by Gasteiger charge is 2.39. The van der Waals surface area contributed by atoms with E-state index in [9.17, 15) is 22.8 Å². The Bertz CT molecular complexity index is 859. The largest absolute Gasteiger partial charge is 0.465 e. The molecule has 3 heterocycles. The summed E-state index contributed by atoms with van der Waals surface area (Å²) in [5.74, 6) is -0.578. The second-order valence-electron chi connectivity index (χ2n) is 6.02. The average molecular weight is 398 g/mol. The maximum atomic E-state index is 12.6. The van der Waals surface area contributed by atoms with Gasteiger partial charge in [-0.1, -0.05) is 0 Å². The maximum Gasteiger partial charge on any atom is 0.294 e. The number of hydrogen-bond donors (Lipinski definition) is 0. The van der Waals surface area contributed by atoms with Gasteiger partial charge in [-0.15, -0.1) is 0 Å². The molecule has 1 unspecified atom stereocenters. The lowest BCUT2D eigenvalue weighted by Gasteiger charge is -2.28. The normalized spacial score (nSPS) is 23.8. The molecule has 0 spiro atoms. The monoisotopic (exact) mass is 398 g/mol. The third kappa shape index (κ3) is 3.85. The van der Waals surface area contributed by atoms with Crippen LogP contribution < -0.4 is 0 Å². The second-order valence-corrected chi connectivity index (χ2v) is 9.24. The van der Waals surface area contributed by atoms with Crippen molar-refractivity contribution in [1.82, 2.24) is 9.80 Å². The van der Waals surface area contributed by atoms with Crippen molar-refractivity contribution in [1.29, 1.82) is 0 Å². The molecule has 0 radical (unpaired) electrons. The molecule has 1 aromatic heterocycles. The smallest absolute Gasteiger partial charge is 0.294 e. The SMILES string of the molecule is CCN(C(=O)CN1C(=O)SC(=Cc2ccco2)C1=O)C1CCS(=O)(=O)C1. The van der Waals surface area contributed by atoms with Crippen molar-refractivity contribution in [2.75, 3.05) is 24.6 Å². The molecule has 1 aromatic rings. The van der Waals surface area contributed by atoms with Crippen molar-refractivity contribution in [3.05, 3.63) is 29.1 Å². The van der Waals surface area contributed by atoms with Gasteiger partial charge in [0.05, 0.1) is 22.7 Å². The van der Waals surface area contributed by atoms with Gasteiger partial charge in [0.2, 0.25) is 5.91 Å². The average Bonchev–Trinajstić information content (AvgIpc) is 3.26. The summed E-state index contributed by atoms with van der Waals surface area (Å²) in [5.41, 5.74) is 0. The van der Waals surface area contributed by atoms with Crippen molar-refractivity contribution < 1.29 is 27.2 Å². The van der Waals surface area contributed by atoms with E-state index in [1.54, 1.807) is 19.1 Å². The van der Waals surface area contributed by atoms with E-state index >= 15 is 0 Å². The number of thioether (sulfide) groups is 1. The highest BCUT2D eigenvalue weighted by Crippen LogP contribution is 2.32. The summed E-state index contributed by atoms with van der Waals surface area (Å²) in [6.07, 6.45) is 3.28. The summed E-state index contributed by atoms with van der Waals surface area (Å²) in [7, 11) is -3.14. The molecule has 0 saturated carbocycles. The van der Waals surface area contributed by atoms with E-state index in [-0.39, 0.29) is 16.4 Å². The van der Waals surface area contributed by atoms with Gasteiger partial charge in [0.1, 0.15) is 12.3 Å². The van der Waals surface area contributed by atoms with Gasteiger partial charge in [0.25, 0.3) is 11.1 Å². The van der Waals surface area contributed by atoms with Crippen LogP contribution in [0.1, 0.15) is 19.1 Å². The highest BCUT2D eigenvalue weighted by atomic mass is 32.2. The molecule has 3 rings (SSSR count). The number of sulfone groups is 1. The van der Waals surface area contributed by atoms with Crippen LogP contribution in [0.3, 0.4) is 0 Å². The van der Waals surface area contributed by atoms with Crippen LogP contribution >= 0.6 is 11.8 Å². The molecule has 0 N–H and O–H groups in total. The predicted octanol–water partition coefficient (Wildman–Crippen LogP) is 1.35.